The predicted molar refractivity (Wildman–Crippen MR) is 92.2 cm³/mol. The van der Waals surface area contributed by atoms with Gasteiger partial charge in [0.25, 0.3) is 0 Å². The Morgan fingerprint density at radius 1 is 1.09 bits per heavy atom. The maximum atomic E-state index is 11.8. The Kier molecular flexibility index (Phi) is 11.4. The molecule has 0 saturated heterocycles. The monoisotopic (exact) mass is 328 g/mol. The highest BCUT2D eigenvalue weighted by Crippen LogP contribution is 2.08. The molecular formula is C18H34NO4+. The number of allylic oxidation sites excluding steroid dienone is 1. The number of quaternary nitrogens is 1. The van der Waals surface area contributed by atoms with Crippen LogP contribution in [0.15, 0.2) is 12.2 Å². The smallest absolute Gasteiger partial charge is 0.310 e. The first kappa shape index (κ1) is 21.6. The maximum Gasteiger partial charge on any atom is 0.310 e. The van der Waals surface area contributed by atoms with Gasteiger partial charge >= 0.3 is 11.9 Å². The number of likely N-dealkylation sites (N-methyl/N-ethyl adjacent to an activating group) is 1. The first-order valence-electron chi connectivity index (χ1n) is 8.61. The molecule has 0 spiro atoms. The zero-order valence-corrected chi connectivity index (χ0v) is 15.2. The molecule has 5 heteroatoms. The fraction of sp³-hybridized carbons (Fsp3) is 0.778. The molecule has 0 aliphatic rings. The Morgan fingerprint density at radius 2 is 1.74 bits per heavy atom. The maximum absolute atomic E-state index is 11.8. The van der Waals surface area contributed by atoms with E-state index >= 15 is 0 Å². The second kappa shape index (κ2) is 12.1. The van der Waals surface area contributed by atoms with E-state index in [1.54, 1.807) is 0 Å². The van der Waals surface area contributed by atoms with Gasteiger partial charge in [-0.1, -0.05) is 44.8 Å². The summed E-state index contributed by atoms with van der Waals surface area (Å²) in [6.45, 7) is 2.68. The van der Waals surface area contributed by atoms with E-state index in [2.05, 4.69) is 6.92 Å². The molecule has 0 heterocycles. The summed E-state index contributed by atoms with van der Waals surface area (Å²) in [7, 11) is 5.84. The van der Waals surface area contributed by atoms with E-state index in [0.717, 1.165) is 12.8 Å². The zero-order valence-electron chi connectivity index (χ0n) is 15.2. The lowest BCUT2D eigenvalue weighted by Gasteiger charge is -2.28. The minimum absolute atomic E-state index is 0.150. The van der Waals surface area contributed by atoms with E-state index in [1.807, 2.05) is 33.3 Å². The number of hydrogen-bond acceptors (Lipinski definition) is 3. The van der Waals surface area contributed by atoms with Crippen LogP contribution >= 0.6 is 0 Å². The van der Waals surface area contributed by atoms with E-state index in [9.17, 15) is 9.59 Å². The summed E-state index contributed by atoms with van der Waals surface area (Å²) in [5, 5.41) is 8.92. The summed E-state index contributed by atoms with van der Waals surface area (Å²) >= 11 is 0. The van der Waals surface area contributed by atoms with Crippen molar-refractivity contribution in [3.05, 3.63) is 12.2 Å². The van der Waals surface area contributed by atoms with Gasteiger partial charge in [-0.25, -0.2) is 0 Å². The van der Waals surface area contributed by atoms with E-state index in [1.165, 1.54) is 25.7 Å². The van der Waals surface area contributed by atoms with Crippen LogP contribution in [0, 0.1) is 0 Å². The van der Waals surface area contributed by atoms with E-state index < -0.39 is 12.1 Å². The van der Waals surface area contributed by atoms with Crippen LogP contribution in [0.1, 0.15) is 58.3 Å². The van der Waals surface area contributed by atoms with E-state index in [-0.39, 0.29) is 18.8 Å². The number of carboxylic acids is 1. The number of carbonyl (C=O) groups is 2. The van der Waals surface area contributed by atoms with Crippen molar-refractivity contribution in [3.63, 3.8) is 0 Å². The van der Waals surface area contributed by atoms with Crippen molar-refractivity contribution in [2.24, 2.45) is 0 Å². The van der Waals surface area contributed by atoms with Gasteiger partial charge < -0.3 is 14.3 Å². The summed E-state index contributed by atoms with van der Waals surface area (Å²) in [5.74, 6) is -1.30. The van der Waals surface area contributed by atoms with Crippen LogP contribution < -0.4 is 0 Å². The summed E-state index contributed by atoms with van der Waals surface area (Å²) in [4.78, 5) is 22.7. The minimum atomic E-state index is -0.945. The number of aliphatic carboxylic acids is 1. The molecule has 0 bridgehead atoms. The van der Waals surface area contributed by atoms with Crippen LogP contribution in [0.5, 0.6) is 0 Å². The van der Waals surface area contributed by atoms with Crippen molar-refractivity contribution in [1.29, 1.82) is 0 Å². The third-order valence-corrected chi connectivity index (χ3v) is 3.38. The third kappa shape index (κ3) is 15.3. The first-order chi connectivity index (χ1) is 10.7. The minimum Gasteiger partial charge on any atom is -0.481 e. The number of rotatable bonds is 13. The van der Waals surface area contributed by atoms with Gasteiger partial charge in [0.15, 0.2) is 6.10 Å². The van der Waals surface area contributed by atoms with Gasteiger partial charge in [0, 0.05) is 0 Å². The normalized spacial score (nSPS) is 13.2. The number of esters is 1. The Morgan fingerprint density at radius 3 is 2.30 bits per heavy atom. The summed E-state index contributed by atoms with van der Waals surface area (Å²) in [6.07, 6.45) is 10.5. The molecule has 0 radical (unpaired) electrons. The molecule has 0 aliphatic heterocycles. The SMILES string of the molecule is CCCCCCC/C=C/CC(=O)OC(CC(=O)O)C[N+](C)(C)C. The van der Waals surface area contributed by atoms with Crippen LogP contribution in [0.25, 0.3) is 0 Å². The molecule has 0 aliphatic carbocycles. The fourth-order valence-corrected chi connectivity index (χ4v) is 2.35. The van der Waals surface area contributed by atoms with Gasteiger partial charge in [-0.05, 0) is 12.8 Å². The van der Waals surface area contributed by atoms with Crippen molar-refractivity contribution in [2.75, 3.05) is 27.7 Å². The quantitative estimate of drug-likeness (QED) is 0.244. The van der Waals surface area contributed by atoms with Crippen molar-refractivity contribution >= 4 is 11.9 Å². The van der Waals surface area contributed by atoms with Crippen molar-refractivity contribution in [1.82, 2.24) is 0 Å². The molecule has 23 heavy (non-hydrogen) atoms. The standard InChI is InChI=1S/C18H33NO4/c1-5-6-7-8-9-10-11-12-13-18(22)23-16(14-17(20)21)15-19(2,3)4/h11-12,16H,5-10,13-15H2,1-4H3/p+1/b12-11+. The molecule has 0 aromatic carbocycles. The van der Waals surface area contributed by atoms with Crippen molar-refractivity contribution in [3.8, 4) is 0 Å². The van der Waals surface area contributed by atoms with Crippen LogP contribution in [-0.4, -0.2) is 55.3 Å². The molecule has 0 fully saturated rings. The molecule has 0 rings (SSSR count). The number of ether oxygens (including phenoxy) is 1. The number of carbonyl (C=O) groups excluding carboxylic acids is 1. The molecule has 134 valence electrons. The molecule has 1 N–H and O–H groups in total. The van der Waals surface area contributed by atoms with Gasteiger partial charge in [0.2, 0.25) is 0 Å². The number of unbranched alkanes of at least 4 members (excludes halogenated alkanes) is 5. The highest BCUT2D eigenvalue weighted by atomic mass is 16.5. The number of carboxylic acid groups (broad SMARTS) is 1. The van der Waals surface area contributed by atoms with E-state index in [4.69, 9.17) is 9.84 Å². The lowest BCUT2D eigenvalue weighted by atomic mass is 10.1. The van der Waals surface area contributed by atoms with Crippen molar-refractivity contribution < 1.29 is 23.9 Å². The third-order valence-electron chi connectivity index (χ3n) is 3.38. The lowest BCUT2D eigenvalue weighted by Crippen LogP contribution is -2.43. The summed E-state index contributed by atoms with van der Waals surface area (Å²) < 4.78 is 5.86. The summed E-state index contributed by atoms with van der Waals surface area (Å²) in [5.41, 5.74) is 0. The predicted octanol–water partition coefficient (Wildman–Crippen LogP) is 3.39. The highest BCUT2D eigenvalue weighted by Gasteiger charge is 2.24. The topological polar surface area (TPSA) is 63.6 Å². The number of nitrogens with zero attached hydrogens (tertiary/aromatic N) is 1. The van der Waals surface area contributed by atoms with Crippen molar-refractivity contribution in [2.45, 2.75) is 64.4 Å². The average Bonchev–Trinajstić information content (AvgIpc) is 2.39. The zero-order chi connectivity index (χ0) is 17.7. The molecule has 0 saturated carbocycles. The van der Waals surface area contributed by atoms with Crippen LogP contribution in [0.3, 0.4) is 0 Å². The second-order valence-electron chi connectivity index (χ2n) is 7.06. The van der Waals surface area contributed by atoms with Gasteiger partial charge in [-0.15, -0.1) is 0 Å². The molecule has 1 unspecified atom stereocenters. The van der Waals surface area contributed by atoms with Gasteiger partial charge in [-0.3, -0.25) is 9.59 Å². The van der Waals surface area contributed by atoms with Gasteiger partial charge in [0.1, 0.15) is 6.54 Å². The molecule has 5 nitrogen and oxygen atoms in total. The molecule has 0 amide bonds. The largest absolute Gasteiger partial charge is 0.481 e. The Balaban J connectivity index is 4.04. The second-order valence-corrected chi connectivity index (χ2v) is 7.06. The van der Waals surface area contributed by atoms with Crippen LogP contribution in [0.2, 0.25) is 0 Å². The van der Waals surface area contributed by atoms with Gasteiger partial charge in [-0.2, -0.15) is 0 Å². The molecular weight excluding hydrogens is 294 g/mol. The average molecular weight is 328 g/mol. The summed E-state index contributed by atoms with van der Waals surface area (Å²) in [6, 6.07) is 0. The Hall–Kier alpha value is -1.36. The highest BCUT2D eigenvalue weighted by molar-refractivity contribution is 5.72. The molecule has 1 atom stereocenters. The molecule has 0 aromatic rings. The van der Waals surface area contributed by atoms with E-state index in [0.29, 0.717) is 11.0 Å². The Labute approximate surface area is 140 Å². The Bertz CT molecular complexity index is 372. The van der Waals surface area contributed by atoms with Crippen LogP contribution in [0.4, 0.5) is 0 Å². The van der Waals surface area contributed by atoms with Gasteiger partial charge in [0.05, 0.1) is 34.0 Å². The first-order valence-corrected chi connectivity index (χ1v) is 8.61. The molecule has 0 aromatic heterocycles. The lowest BCUT2D eigenvalue weighted by molar-refractivity contribution is -0.873. The fourth-order valence-electron chi connectivity index (χ4n) is 2.35. The van der Waals surface area contributed by atoms with Crippen LogP contribution in [-0.2, 0) is 14.3 Å². The number of hydrogen-bond donors (Lipinski definition) is 1.